The first-order chi connectivity index (χ1) is 8.01. The van der Waals surface area contributed by atoms with Gasteiger partial charge in [-0.15, -0.1) is 0 Å². The summed E-state index contributed by atoms with van der Waals surface area (Å²) in [4.78, 5) is 24.9. The summed E-state index contributed by atoms with van der Waals surface area (Å²) in [7, 11) is 0. The zero-order valence-corrected chi connectivity index (χ0v) is 10.4. The van der Waals surface area contributed by atoms with E-state index in [1.54, 1.807) is 4.90 Å². The first-order valence-corrected chi connectivity index (χ1v) is 6.32. The lowest BCUT2D eigenvalue weighted by Crippen LogP contribution is -2.39. The van der Waals surface area contributed by atoms with Crippen molar-refractivity contribution in [3.8, 4) is 0 Å². The molecule has 96 valence electrons. The van der Waals surface area contributed by atoms with E-state index in [1.807, 2.05) is 6.92 Å². The summed E-state index contributed by atoms with van der Waals surface area (Å²) in [6.45, 7) is 3.71. The van der Waals surface area contributed by atoms with E-state index in [-0.39, 0.29) is 11.8 Å². The largest absolute Gasteiger partial charge is 0.369 e. The minimum atomic E-state index is -0.528. The minimum absolute atomic E-state index is 0.128. The van der Waals surface area contributed by atoms with E-state index in [2.05, 4.69) is 5.32 Å². The third-order valence-corrected chi connectivity index (χ3v) is 3.77. The molecule has 1 saturated heterocycles. The SMILES string of the molecule is CC1(C(N)=O)CCN(C(=O)CCNC2CC2)C1. The van der Waals surface area contributed by atoms with Crippen LogP contribution < -0.4 is 11.1 Å². The number of nitrogens with one attached hydrogen (secondary N) is 1. The Hall–Kier alpha value is -1.10. The molecular weight excluding hydrogens is 218 g/mol. The molecule has 5 heteroatoms. The molecule has 0 aromatic carbocycles. The van der Waals surface area contributed by atoms with Gasteiger partial charge >= 0.3 is 0 Å². The van der Waals surface area contributed by atoms with Gasteiger partial charge in [0.15, 0.2) is 0 Å². The molecule has 5 nitrogen and oxygen atoms in total. The number of primary amides is 1. The number of hydrogen-bond donors (Lipinski definition) is 2. The molecule has 0 aromatic heterocycles. The Morgan fingerprint density at radius 1 is 1.47 bits per heavy atom. The molecule has 2 amide bonds. The van der Waals surface area contributed by atoms with Crippen LogP contribution in [0, 0.1) is 5.41 Å². The molecule has 1 heterocycles. The molecule has 1 aliphatic heterocycles. The molecule has 0 bridgehead atoms. The fraction of sp³-hybridized carbons (Fsp3) is 0.833. The second-order valence-electron chi connectivity index (χ2n) is 5.47. The molecule has 1 saturated carbocycles. The molecule has 0 aromatic rings. The molecule has 1 unspecified atom stereocenters. The summed E-state index contributed by atoms with van der Waals surface area (Å²) in [6.07, 6.45) is 3.67. The average Bonchev–Trinajstić information content (AvgIpc) is 3.00. The smallest absolute Gasteiger partial charge is 0.225 e. The van der Waals surface area contributed by atoms with Crippen LogP contribution >= 0.6 is 0 Å². The monoisotopic (exact) mass is 239 g/mol. The van der Waals surface area contributed by atoms with Crippen molar-refractivity contribution in [2.45, 2.75) is 38.6 Å². The van der Waals surface area contributed by atoms with Crippen LogP contribution in [0.3, 0.4) is 0 Å². The van der Waals surface area contributed by atoms with E-state index in [4.69, 9.17) is 5.73 Å². The van der Waals surface area contributed by atoms with Gasteiger partial charge in [0, 0.05) is 32.1 Å². The Bertz CT molecular complexity index is 328. The summed E-state index contributed by atoms with van der Waals surface area (Å²) in [5.41, 5.74) is 4.83. The fourth-order valence-electron chi connectivity index (χ4n) is 2.20. The van der Waals surface area contributed by atoms with Crippen LogP contribution in [0.25, 0.3) is 0 Å². The van der Waals surface area contributed by atoms with E-state index >= 15 is 0 Å². The van der Waals surface area contributed by atoms with Gasteiger partial charge in [0.05, 0.1) is 5.41 Å². The fourth-order valence-corrected chi connectivity index (χ4v) is 2.20. The van der Waals surface area contributed by atoms with E-state index in [9.17, 15) is 9.59 Å². The van der Waals surface area contributed by atoms with Crippen LogP contribution in [0.4, 0.5) is 0 Å². The number of rotatable bonds is 5. The predicted molar refractivity (Wildman–Crippen MR) is 64.1 cm³/mol. The summed E-state index contributed by atoms with van der Waals surface area (Å²) >= 11 is 0. The van der Waals surface area contributed by atoms with E-state index in [0.29, 0.717) is 32.0 Å². The van der Waals surface area contributed by atoms with Gasteiger partial charge in [-0.25, -0.2) is 0 Å². The summed E-state index contributed by atoms with van der Waals surface area (Å²) in [5, 5.41) is 3.32. The maximum Gasteiger partial charge on any atom is 0.225 e. The van der Waals surface area contributed by atoms with Crippen molar-refractivity contribution in [3.05, 3.63) is 0 Å². The molecule has 2 aliphatic rings. The van der Waals surface area contributed by atoms with Crippen molar-refractivity contribution in [2.24, 2.45) is 11.1 Å². The molecule has 2 fully saturated rings. The average molecular weight is 239 g/mol. The Morgan fingerprint density at radius 2 is 2.18 bits per heavy atom. The van der Waals surface area contributed by atoms with Crippen molar-refractivity contribution >= 4 is 11.8 Å². The lowest BCUT2D eigenvalue weighted by molar-refractivity contribution is -0.131. The van der Waals surface area contributed by atoms with E-state index in [0.717, 1.165) is 6.54 Å². The van der Waals surface area contributed by atoms with Gasteiger partial charge in [-0.05, 0) is 26.2 Å². The van der Waals surface area contributed by atoms with Crippen molar-refractivity contribution in [3.63, 3.8) is 0 Å². The number of carbonyl (C=O) groups is 2. The summed E-state index contributed by atoms with van der Waals surface area (Å²) in [5.74, 6) is -0.174. The molecule has 0 radical (unpaired) electrons. The topological polar surface area (TPSA) is 75.4 Å². The van der Waals surface area contributed by atoms with Gasteiger partial charge < -0.3 is 16.0 Å². The zero-order chi connectivity index (χ0) is 12.5. The van der Waals surface area contributed by atoms with Crippen molar-refractivity contribution < 1.29 is 9.59 Å². The quantitative estimate of drug-likeness (QED) is 0.700. The van der Waals surface area contributed by atoms with Gasteiger partial charge in [-0.1, -0.05) is 0 Å². The number of carbonyl (C=O) groups excluding carboxylic acids is 2. The van der Waals surface area contributed by atoms with Gasteiger partial charge in [-0.3, -0.25) is 9.59 Å². The highest BCUT2D eigenvalue weighted by molar-refractivity contribution is 5.83. The maximum atomic E-state index is 11.9. The van der Waals surface area contributed by atoms with Gasteiger partial charge in [-0.2, -0.15) is 0 Å². The highest BCUT2D eigenvalue weighted by Gasteiger charge is 2.40. The van der Waals surface area contributed by atoms with Gasteiger partial charge in [0.1, 0.15) is 0 Å². The van der Waals surface area contributed by atoms with Crippen LogP contribution in [-0.2, 0) is 9.59 Å². The van der Waals surface area contributed by atoms with Crippen LogP contribution in [0.1, 0.15) is 32.6 Å². The molecule has 1 atom stereocenters. The zero-order valence-electron chi connectivity index (χ0n) is 10.4. The second kappa shape index (κ2) is 4.64. The second-order valence-corrected chi connectivity index (χ2v) is 5.47. The van der Waals surface area contributed by atoms with Gasteiger partial charge in [0.2, 0.25) is 11.8 Å². The number of nitrogens with zero attached hydrogens (tertiary/aromatic N) is 1. The summed E-state index contributed by atoms with van der Waals surface area (Å²) in [6, 6.07) is 0.636. The highest BCUT2D eigenvalue weighted by atomic mass is 16.2. The third kappa shape index (κ3) is 2.97. The number of nitrogens with two attached hydrogens (primary N) is 1. The number of amides is 2. The minimum Gasteiger partial charge on any atom is -0.369 e. The first kappa shape index (κ1) is 12.4. The Morgan fingerprint density at radius 3 is 2.71 bits per heavy atom. The Balaban J connectivity index is 1.74. The Labute approximate surface area is 102 Å². The molecule has 17 heavy (non-hydrogen) atoms. The molecule has 2 rings (SSSR count). The van der Waals surface area contributed by atoms with Gasteiger partial charge in [0.25, 0.3) is 0 Å². The van der Waals surface area contributed by atoms with Crippen molar-refractivity contribution in [1.29, 1.82) is 0 Å². The van der Waals surface area contributed by atoms with E-state index in [1.165, 1.54) is 12.8 Å². The summed E-state index contributed by atoms with van der Waals surface area (Å²) < 4.78 is 0. The van der Waals surface area contributed by atoms with Crippen molar-refractivity contribution in [1.82, 2.24) is 10.2 Å². The van der Waals surface area contributed by atoms with Crippen LogP contribution in [0.15, 0.2) is 0 Å². The first-order valence-electron chi connectivity index (χ1n) is 6.32. The standard InChI is InChI=1S/C12H21N3O2/c1-12(11(13)17)5-7-15(8-12)10(16)4-6-14-9-2-3-9/h9,14H,2-8H2,1H3,(H2,13,17). The predicted octanol–water partition coefficient (Wildman–Crippen LogP) is -0.148. The Kier molecular flexibility index (Phi) is 3.38. The van der Waals surface area contributed by atoms with Crippen LogP contribution in [0.5, 0.6) is 0 Å². The van der Waals surface area contributed by atoms with Crippen LogP contribution in [-0.4, -0.2) is 42.4 Å². The molecule has 3 N–H and O–H groups in total. The number of hydrogen-bond acceptors (Lipinski definition) is 3. The maximum absolute atomic E-state index is 11.9. The van der Waals surface area contributed by atoms with Crippen LogP contribution in [0.2, 0.25) is 0 Å². The molecule has 1 aliphatic carbocycles. The normalized spacial score (nSPS) is 28.4. The third-order valence-electron chi connectivity index (χ3n) is 3.77. The highest BCUT2D eigenvalue weighted by Crippen LogP contribution is 2.29. The molecule has 0 spiro atoms. The molecular formula is C12H21N3O2. The lowest BCUT2D eigenvalue weighted by Gasteiger charge is -2.21. The number of likely N-dealkylation sites (tertiary alicyclic amines) is 1. The van der Waals surface area contributed by atoms with E-state index < -0.39 is 5.41 Å². The lowest BCUT2D eigenvalue weighted by atomic mass is 9.89. The van der Waals surface area contributed by atoms with Crippen molar-refractivity contribution in [2.75, 3.05) is 19.6 Å².